The molecule has 0 unspecified atom stereocenters. The predicted molar refractivity (Wildman–Crippen MR) is 84.1 cm³/mol. The van der Waals surface area contributed by atoms with Gasteiger partial charge in [-0.15, -0.1) is 0 Å². The Hall–Kier alpha value is -2.35. The number of nitrogens with zero attached hydrogens (tertiary/aromatic N) is 5. The van der Waals surface area contributed by atoms with Crippen LogP contribution >= 0.6 is 0 Å². The zero-order valence-corrected chi connectivity index (χ0v) is 12.5. The van der Waals surface area contributed by atoms with Gasteiger partial charge in [-0.05, 0) is 18.9 Å². The molecule has 122 valence electrons. The monoisotopic (exact) mass is 321 g/mol. The minimum atomic E-state index is -2.67. The quantitative estimate of drug-likeness (QED) is 0.644. The topological polar surface area (TPSA) is 55.0 Å². The number of aromatic nitrogens is 2. The van der Waals surface area contributed by atoms with Gasteiger partial charge in [0, 0.05) is 13.1 Å². The van der Waals surface area contributed by atoms with E-state index >= 15 is 0 Å². The number of hydrogen-bond acceptors (Lipinski definition) is 3. The Morgan fingerprint density at radius 3 is 2.74 bits per heavy atom. The summed E-state index contributed by atoms with van der Waals surface area (Å²) in [4.78, 5) is 14.2. The van der Waals surface area contributed by atoms with E-state index in [9.17, 15) is 8.78 Å². The van der Waals surface area contributed by atoms with Crippen molar-refractivity contribution in [1.29, 1.82) is 0 Å². The summed E-state index contributed by atoms with van der Waals surface area (Å²) in [7, 11) is 0. The minimum absolute atomic E-state index is 0.0197. The molecular weight excluding hydrogens is 304 g/mol. The average molecular weight is 321 g/mol. The van der Waals surface area contributed by atoms with E-state index in [1.807, 2.05) is 4.90 Å². The standard InChI is InChI=1S/C15H17F2N5O/c1-18-15(21-6-8-23-9-7-21)19-10-22-12-5-3-2-4-11(12)20-14(22)13(16)17/h2-5,13H,1,6-10H2. The van der Waals surface area contributed by atoms with Gasteiger partial charge in [-0.1, -0.05) is 12.1 Å². The van der Waals surface area contributed by atoms with Crippen LogP contribution in [0.1, 0.15) is 12.2 Å². The van der Waals surface area contributed by atoms with Gasteiger partial charge in [-0.3, -0.25) is 0 Å². The van der Waals surface area contributed by atoms with E-state index in [2.05, 4.69) is 21.7 Å². The summed E-state index contributed by atoms with van der Waals surface area (Å²) < 4.78 is 33.2. The van der Waals surface area contributed by atoms with Crippen molar-refractivity contribution >= 4 is 23.7 Å². The van der Waals surface area contributed by atoms with Crippen LogP contribution in [0.25, 0.3) is 11.0 Å². The van der Waals surface area contributed by atoms with Gasteiger partial charge in [0.05, 0.1) is 24.2 Å². The summed E-state index contributed by atoms with van der Waals surface area (Å²) in [5.74, 6) is 0.145. The van der Waals surface area contributed by atoms with Gasteiger partial charge >= 0.3 is 0 Å². The lowest BCUT2D eigenvalue weighted by molar-refractivity contribution is 0.0674. The second kappa shape index (κ2) is 6.82. The smallest absolute Gasteiger partial charge is 0.295 e. The molecule has 0 spiro atoms. The molecule has 8 heteroatoms. The number of fused-ring (bicyclic) bond motifs is 1. The Balaban J connectivity index is 1.91. The zero-order chi connectivity index (χ0) is 16.2. The van der Waals surface area contributed by atoms with E-state index in [0.717, 1.165) is 0 Å². The molecule has 2 aromatic rings. The van der Waals surface area contributed by atoms with E-state index < -0.39 is 6.43 Å². The fourth-order valence-electron chi connectivity index (χ4n) is 2.56. The van der Waals surface area contributed by atoms with E-state index in [4.69, 9.17) is 4.74 Å². The zero-order valence-electron chi connectivity index (χ0n) is 12.5. The summed E-state index contributed by atoms with van der Waals surface area (Å²) in [5.41, 5.74) is 1.15. The molecule has 1 fully saturated rings. The van der Waals surface area contributed by atoms with E-state index in [0.29, 0.717) is 43.3 Å². The first-order valence-electron chi connectivity index (χ1n) is 7.28. The summed E-state index contributed by atoms with van der Waals surface area (Å²) >= 11 is 0. The molecule has 0 bridgehead atoms. The summed E-state index contributed by atoms with van der Waals surface area (Å²) in [6.07, 6.45) is -2.67. The molecule has 0 amide bonds. The number of benzene rings is 1. The van der Waals surface area contributed by atoms with Crippen LogP contribution in [0.4, 0.5) is 8.78 Å². The van der Waals surface area contributed by atoms with Crippen molar-refractivity contribution in [1.82, 2.24) is 14.5 Å². The van der Waals surface area contributed by atoms with Crippen LogP contribution in [0, 0.1) is 0 Å². The number of alkyl halides is 2. The first-order chi connectivity index (χ1) is 11.2. The fourth-order valence-corrected chi connectivity index (χ4v) is 2.56. The normalized spacial score (nSPS) is 16.3. The highest BCUT2D eigenvalue weighted by molar-refractivity contribution is 5.84. The molecule has 1 aromatic heterocycles. The van der Waals surface area contributed by atoms with Gasteiger partial charge < -0.3 is 14.2 Å². The number of guanidine groups is 1. The van der Waals surface area contributed by atoms with Crippen molar-refractivity contribution in [2.24, 2.45) is 9.98 Å². The maximum absolute atomic E-state index is 13.2. The molecule has 0 saturated carbocycles. The Morgan fingerprint density at radius 2 is 2.04 bits per heavy atom. The van der Waals surface area contributed by atoms with Crippen LogP contribution in [0.3, 0.4) is 0 Å². The SMILES string of the molecule is C=NC(=NCn1c(C(F)F)nc2ccccc21)N1CCOCC1. The van der Waals surface area contributed by atoms with Crippen LogP contribution in [-0.2, 0) is 11.4 Å². The second-order valence-electron chi connectivity index (χ2n) is 5.04. The van der Waals surface area contributed by atoms with Gasteiger partial charge in [0.1, 0.15) is 6.67 Å². The van der Waals surface area contributed by atoms with E-state index in [1.165, 1.54) is 4.57 Å². The third kappa shape index (κ3) is 3.21. The van der Waals surface area contributed by atoms with Crippen LogP contribution in [-0.4, -0.2) is 53.4 Å². The molecule has 3 rings (SSSR count). The maximum Gasteiger partial charge on any atom is 0.295 e. The van der Waals surface area contributed by atoms with Crippen molar-refractivity contribution < 1.29 is 13.5 Å². The number of halogens is 2. The highest BCUT2D eigenvalue weighted by Crippen LogP contribution is 2.24. The minimum Gasteiger partial charge on any atom is -0.378 e. The number of hydrogen-bond donors (Lipinski definition) is 0. The molecule has 1 aliphatic rings. The van der Waals surface area contributed by atoms with Crippen LogP contribution in [0.2, 0.25) is 0 Å². The number of ether oxygens (including phenoxy) is 1. The first kappa shape index (κ1) is 15.5. The summed E-state index contributed by atoms with van der Waals surface area (Å²) in [6.45, 7) is 6.03. The number of imidazole rings is 1. The fraction of sp³-hybridized carbons (Fsp3) is 0.400. The van der Waals surface area contributed by atoms with Crippen LogP contribution < -0.4 is 0 Å². The van der Waals surface area contributed by atoms with Crippen molar-refractivity contribution in [2.45, 2.75) is 13.1 Å². The van der Waals surface area contributed by atoms with E-state index in [1.54, 1.807) is 24.3 Å². The molecule has 0 N–H and O–H groups in total. The third-order valence-corrected chi connectivity index (χ3v) is 3.67. The van der Waals surface area contributed by atoms with Gasteiger partial charge in [0.25, 0.3) is 6.43 Å². The molecule has 1 aromatic carbocycles. The largest absolute Gasteiger partial charge is 0.378 e. The molecular formula is C15H17F2N5O. The number of rotatable bonds is 3. The molecule has 0 radical (unpaired) electrons. The Labute approximate surface area is 132 Å². The van der Waals surface area contributed by atoms with Gasteiger partial charge in [0.2, 0.25) is 5.96 Å². The Morgan fingerprint density at radius 1 is 1.30 bits per heavy atom. The van der Waals surface area contributed by atoms with Gasteiger partial charge in [0.15, 0.2) is 5.82 Å². The molecule has 1 aliphatic heterocycles. The maximum atomic E-state index is 13.2. The van der Waals surface area contributed by atoms with Crippen LogP contribution in [0.15, 0.2) is 34.3 Å². The van der Waals surface area contributed by atoms with Gasteiger partial charge in [-0.2, -0.15) is 0 Å². The lowest BCUT2D eigenvalue weighted by Crippen LogP contribution is -2.40. The average Bonchev–Trinajstić information content (AvgIpc) is 2.96. The molecule has 6 nitrogen and oxygen atoms in total. The number of aliphatic imine (C=N–C) groups is 2. The molecule has 0 aliphatic carbocycles. The van der Waals surface area contributed by atoms with Crippen molar-refractivity contribution in [3.8, 4) is 0 Å². The third-order valence-electron chi connectivity index (χ3n) is 3.67. The molecule has 0 atom stereocenters. The van der Waals surface area contributed by atoms with Gasteiger partial charge in [-0.25, -0.2) is 23.7 Å². The van der Waals surface area contributed by atoms with Crippen molar-refractivity contribution in [3.63, 3.8) is 0 Å². The van der Waals surface area contributed by atoms with Crippen LogP contribution in [0.5, 0.6) is 0 Å². The lowest BCUT2D eigenvalue weighted by atomic mass is 10.3. The predicted octanol–water partition coefficient (Wildman–Crippen LogP) is 2.32. The number of para-hydroxylation sites is 2. The molecule has 2 heterocycles. The van der Waals surface area contributed by atoms with Crippen molar-refractivity contribution in [2.75, 3.05) is 26.3 Å². The van der Waals surface area contributed by atoms with Crippen molar-refractivity contribution in [3.05, 3.63) is 30.1 Å². The van der Waals surface area contributed by atoms with E-state index in [-0.39, 0.29) is 12.5 Å². The Bertz CT molecular complexity index is 722. The number of morpholine rings is 1. The molecule has 23 heavy (non-hydrogen) atoms. The highest BCUT2D eigenvalue weighted by atomic mass is 19.3. The highest BCUT2D eigenvalue weighted by Gasteiger charge is 2.19. The first-order valence-corrected chi connectivity index (χ1v) is 7.28. The Kier molecular flexibility index (Phi) is 4.61. The summed E-state index contributed by atoms with van der Waals surface area (Å²) in [6, 6.07) is 7.01. The molecule has 1 saturated heterocycles. The summed E-state index contributed by atoms with van der Waals surface area (Å²) in [5, 5.41) is 0. The second-order valence-corrected chi connectivity index (χ2v) is 5.04. The lowest BCUT2D eigenvalue weighted by Gasteiger charge is -2.27.